The van der Waals surface area contributed by atoms with Gasteiger partial charge in [-0.05, 0) is 24.8 Å². The Morgan fingerprint density at radius 1 is 1.15 bits per heavy atom. The fraction of sp³-hybridized carbons (Fsp3) is 0.619. The largest absolute Gasteiger partial charge is 0.379 e. The van der Waals surface area contributed by atoms with E-state index < -0.39 is 0 Å². The molecule has 0 bridgehead atoms. The third kappa shape index (κ3) is 4.33. The van der Waals surface area contributed by atoms with Gasteiger partial charge in [-0.15, -0.1) is 0 Å². The summed E-state index contributed by atoms with van der Waals surface area (Å²) >= 11 is 0. The van der Waals surface area contributed by atoms with Gasteiger partial charge in [0.05, 0.1) is 24.7 Å². The molecule has 6 nitrogen and oxygen atoms in total. The molecule has 1 aliphatic carbocycles. The fourth-order valence-corrected chi connectivity index (χ4v) is 4.14. The van der Waals surface area contributed by atoms with E-state index in [0.717, 1.165) is 45.7 Å². The van der Waals surface area contributed by atoms with E-state index in [1.54, 1.807) is 0 Å². The van der Waals surface area contributed by atoms with Crippen LogP contribution in [0.5, 0.6) is 0 Å². The van der Waals surface area contributed by atoms with Crippen LogP contribution >= 0.6 is 0 Å². The molecule has 3 fully saturated rings. The molecule has 3 aliphatic rings. The Morgan fingerprint density at radius 3 is 2.59 bits per heavy atom. The summed E-state index contributed by atoms with van der Waals surface area (Å²) in [6.07, 6.45) is 3.12. The molecular weight excluding hydrogens is 342 g/mol. The minimum absolute atomic E-state index is 0.0974. The van der Waals surface area contributed by atoms with Crippen molar-refractivity contribution in [3.63, 3.8) is 0 Å². The third-order valence-electron chi connectivity index (χ3n) is 6.10. The molecule has 0 radical (unpaired) electrons. The van der Waals surface area contributed by atoms with Gasteiger partial charge in [0.1, 0.15) is 0 Å². The lowest BCUT2D eigenvalue weighted by Gasteiger charge is -2.35. The quantitative estimate of drug-likeness (QED) is 0.820. The number of carbonyl (C=O) groups is 2. The monoisotopic (exact) mass is 371 g/mol. The average Bonchev–Trinajstić information content (AvgIpc) is 3.49. The zero-order chi connectivity index (χ0) is 18.7. The molecule has 2 aliphatic heterocycles. The number of morpholine rings is 1. The van der Waals surface area contributed by atoms with Gasteiger partial charge in [-0.3, -0.25) is 14.5 Å². The predicted molar refractivity (Wildman–Crippen MR) is 102 cm³/mol. The maximum Gasteiger partial charge on any atom is 0.225 e. The van der Waals surface area contributed by atoms with Crippen LogP contribution in [0.15, 0.2) is 30.3 Å². The maximum absolute atomic E-state index is 12.9. The Hall–Kier alpha value is -1.92. The highest BCUT2D eigenvalue weighted by atomic mass is 16.5. The Morgan fingerprint density at radius 2 is 1.89 bits per heavy atom. The SMILES string of the molecule is O=C(NC1(c2ccccc2)CC1)[C@@H]1CCC(=O)N(CCN2CCOCC2)C1. The normalized spacial score (nSPS) is 25.3. The molecule has 1 atom stereocenters. The summed E-state index contributed by atoms with van der Waals surface area (Å²) in [4.78, 5) is 29.4. The zero-order valence-electron chi connectivity index (χ0n) is 15.9. The zero-order valence-corrected chi connectivity index (χ0v) is 15.9. The maximum atomic E-state index is 12.9. The van der Waals surface area contributed by atoms with Crippen molar-refractivity contribution in [2.75, 3.05) is 45.9 Å². The second-order valence-electron chi connectivity index (χ2n) is 7.97. The van der Waals surface area contributed by atoms with Crippen LogP contribution in [0.4, 0.5) is 0 Å². The highest BCUT2D eigenvalue weighted by Crippen LogP contribution is 2.45. The number of amides is 2. The van der Waals surface area contributed by atoms with Crippen LogP contribution in [0.1, 0.15) is 31.2 Å². The van der Waals surface area contributed by atoms with Crippen LogP contribution in [-0.2, 0) is 19.9 Å². The molecule has 1 aromatic carbocycles. The Balaban J connectivity index is 1.32. The minimum Gasteiger partial charge on any atom is -0.379 e. The van der Waals surface area contributed by atoms with Crippen molar-refractivity contribution in [2.24, 2.45) is 5.92 Å². The third-order valence-corrected chi connectivity index (χ3v) is 6.10. The van der Waals surface area contributed by atoms with E-state index in [-0.39, 0.29) is 23.3 Å². The van der Waals surface area contributed by atoms with Gasteiger partial charge >= 0.3 is 0 Å². The van der Waals surface area contributed by atoms with Crippen molar-refractivity contribution in [1.82, 2.24) is 15.1 Å². The average molecular weight is 371 g/mol. The molecule has 2 heterocycles. The Labute approximate surface area is 160 Å². The van der Waals surface area contributed by atoms with Crippen molar-refractivity contribution >= 4 is 11.8 Å². The number of nitrogens with one attached hydrogen (secondary N) is 1. The lowest BCUT2D eigenvalue weighted by Crippen LogP contribution is -2.50. The first-order valence-corrected chi connectivity index (χ1v) is 10.1. The first-order valence-electron chi connectivity index (χ1n) is 10.1. The van der Waals surface area contributed by atoms with Gasteiger partial charge in [-0.25, -0.2) is 0 Å². The summed E-state index contributed by atoms with van der Waals surface area (Å²) in [7, 11) is 0. The van der Waals surface area contributed by atoms with Crippen molar-refractivity contribution in [3.05, 3.63) is 35.9 Å². The molecule has 1 N–H and O–H groups in total. The molecule has 1 saturated carbocycles. The first kappa shape index (κ1) is 18.4. The van der Waals surface area contributed by atoms with E-state index in [2.05, 4.69) is 22.3 Å². The molecule has 1 aromatic rings. The summed E-state index contributed by atoms with van der Waals surface area (Å²) in [5, 5.41) is 3.29. The molecule has 2 saturated heterocycles. The van der Waals surface area contributed by atoms with Crippen LogP contribution in [-0.4, -0.2) is 67.6 Å². The molecule has 0 aromatic heterocycles. The van der Waals surface area contributed by atoms with E-state index in [0.29, 0.717) is 25.9 Å². The number of carbonyl (C=O) groups excluding carboxylic acids is 2. The van der Waals surface area contributed by atoms with Crippen molar-refractivity contribution < 1.29 is 14.3 Å². The second kappa shape index (κ2) is 7.98. The standard InChI is InChI=1S/C21H29N3O3/c25-19-7-6-17(16-24(19)11-10-23-12-14-27-15-13-23)20(26)22-21(8-9-21)18-4-2-1-3-5-18/h1-5,17H,6-16H2,(H,22,26)/t17-/m1/s1. The Bertz CT molecular complexity index is 669. The van der Waals surface area contributed by atoms with E-state index >= 15 is 0 Å². The van der Waals surface area contributed by atoms with Gasteiger partial charge in [0.15, 0.2) is 0 Å². The topological polar surface area (TPSA) is 61.9 Å². The fourth-order valence-electron chi connectivity index (χ4n) is 4.14. The molecule has 0 spiro atoms. The number of piperidine rings is 1. The molecule has 27 heavy (non-hydrogen) atoms. The summed E-state index contributed by atoms with van der Waals surface area (Å²) in [5.41, 5.74) is 1.01. The van der Waals surface area contributed by atoms with Crippen LogP contribution in [0.2, 0.25) is 0 Å². The summed E-state index contributed by atoms with van der Waals surface area (Å²) in [6.45, 7) is 5.47. The molecule has 4 rings (SSSR count). The van der Waals surface area contributed by atoms with E-state index in [1.807, 2.05) is 23.1 Å². The van der Waals surface area contributed by atoms with Crippen molar-refractivity contribution in [3.8, 4) is 0 Å². The Kier molecular flexibility index (Phi) is 5.45. The number of hydrogen-bond donors (Lipinski definition) is 1. The van der Waals surface area contributed by atoms with Gasteiger partial charge in [0, 0.05) is 39.1 Å². The minimum atomic E-state index is -0.182. The van der Waals surface area contributed by atoms with Crippen molar-refractivity contribution in [1.29, 1.82) is 0 Å². The first-order chi connectivity index (χ1) is 13.2. The molecule has 2 amide bonds. The highest BCUT2D eigenvalue weighted by molar-refractivity contribution is 5.84. The highest BCUT2D eigenvalue weighted by Gasteiger charge is 2.46. The molecule has 0 unspecified atom stereocenters. The smallest absolute Gasteiger partial charge is 0.225 e. The van der Waals surface area contributed by atoms with Gasteiger partial charge in [-0.2, -0.15) is 0 Å². The van der Waals surface area contributed by atoms with Gasteiger partial charge in [0.25, 0.3) is 0 Å². The molecular formula is C21H29N3O3. The molecule has 146 valence electrons. The van der Waals surface area contributed by atoms with E-state index in [9.17, 15) is 9.59 Å². The number of benzene rings is 1. The number of rotatable bonds is 6. The summed E-state index contributed by atoms with van der Waals surface area (Å²) in [6, 6.07) is 10.2. The van der Waals surface area contributed by atoms with Crippen LogP contribution in [0, 0.1) is 5.92 Å². The summed E-state index contributed by atoms with van der Waals surface area (Å²) in [5.74, 6) is 0.172. The predicted octanol–water partition coefficient (Wildman–Crippen LogP) is 1.36. The van der Waals surface area contributed by atoms with Gasteiger partial charge in [0.2, 0.25) is 11.8 Å². The van der Waals surface area contributed by atoms with E-state index in [4.69, 9.17) is 4.74 Å². The second-order valence-corrected chi connectivity index (χ2v) is 7.97. The van der Waals surface area contributed by atoms with Crippen molar-refractivity contribution in [2.45, 2.75) is 31.2 Å². The number of likely N-dealkylation sites (tertiary alicyclic amines) is 1. The molecule has 6 heteroatoms. The number of hydrogen-bond acceptors (Lipinski definition) is 4. The van der Waals surface area contributed by atoms with Crippen LogP contribution in [0.3, 0.4) is 0 Å². The van der Waals surface area contributed by atoms with Gasteiger partial charge < -0.3 is 15.0 Å². The van der Waals surface area contributed by atoms with Gasteiger partial charge in [-0.1, -0.05) is 30.3 Å². The van der Waals surface area contributed by atoms with E-state index in [1.165, 1.54) is 5.56 Å². The van der Waals surface area contributed by atoms with Crippen LogP contribution < -0.4 is 5.32 Å². The van der Waals surface area contributed by atoms with Crippen LogP contribution in [0.25, 0.3) is 0 Å². The lowest BCUT2D eigenvalue weighted by atomic mass is 9.95. The number of nitrogens with zero attached hydrogens (tertiary/aromatic N) is 2. The number of ether oxygens (including phenoxy) is 1. The summed E-state index contributed by atoms with van der Waals surface area (Å²) < 4.78 is 5.37. The lowest BCUT2D eigenvalue weighted by molar-refractivity contribution is -0.138.